The smallest absolute Gasteiger partial charge is 0.237 e. The van der Waals surface area contributed by atoms with E-state index in [1.54, 1.807) is 0 Å². The summed E-state index contributed by atoms with van der Waals surface area (Å²) in [5.74, 6) is -0.636. The summed E-state index contributed by atoms with van der Waals surface area (Å²) in [5.41, 5.74) is 11.7. The van der Waals surface area contributed by atoms with E-state index in [0.717, 1.165) is 31.2 Å². The highest BCUT2D eigenvalue weighted by atomic mass is 16.3. The van der Waals surface area contributed by atoms with Gasteiger partial charge in [0.25, 0.3) is 0 Å². The third-order valence-corrected chi connectivity index (χ3v) is 7.27. The van der Waals surface area contributed by atoms with Crippen LogP contribution in [0.2, 0.25) is 0 Å². The molecule has 1 aromatic carbocycles. The molecule has 1 saturated heterocycles. The van der Waals surface area contributed by atoms with Crippen molar-refractivity contribution in [2.45, 2.75) is 102 Å². The van der Waals surface area contributed by atoms with E-state index < -0.39 is 30.0 Å². The number of benzene rings is 1. The van der Waals surface area contributed by atoms with Crippen LogP contribution in [0.15, 0.2) is 30.3 Å². The van der Waals surface area contributed by atoms with Crippen molar-refractivity contribution in [3.63, 3.8) is 0 Å². The van der Waals surface area contributed by atoms with E-state index in [2.05, 4.69) is 15.5 Å². The van der Waals surface area contributed by atoms with Gasteiger partial charge in [0.2, 0.25) is 17.7 Å². The van der Waals surface area contributed by atoms with Crippen LogP contribution < -0.4 is 22.1 Å². The van der Waals surface area contributed by atoms with Crippen molar-refractivity contribution in [2.24, 2.45) is 17.4 Å². The third kappa shape index (κ3) is 8.01. The second kappa shape index (κ2) is 12.2. The van der Waals surface area contributed by atoms with Gasteiger partial charge in [-0.3, -0.25) is 19.3 Å². The lowest BCUT2D eigenvalue weighted by atomic mass is 9.99. The monoisotopic (exact) mass is 501 g/mol. The summed E-state index contributed by atoms with van der Waals surface area (Å²) in [4.78, 5) is 39.0. The van der Waals surface area contributed by atoms with Gasteiger partial charge in [-0.2, -0.15) is 0 Å². The van der Waals surface area contributed by atoms with Crippen molar-refractivity contribution >= 4 is 17.7 Å². The first kappa shape index (κ1) is 28.1. The maximum absolute atomic E-state index is 12.7. The molecule has 9 heteroatoms. The van der Waals surface area contributed by atoms with Gasteiger partial charge in [0.1, 0.15) is 0 Å². The molecule has 1 aliphatic carbocycles. The van der Waals surface area contributed by atoms with Crippen molar-refractivity contribution in [3.8, 4) is 0 Å². The molecule has 3 amide bonds. The quantitative estimate of drug-likeness (QED) is 0.303. The molecular formula is C27H43N5O4. The van der Waals surface area contributed by atoms with E-state index in [-0.39, 0.29) is 23.9 Å². The summed E-state index contributed by atoms with van der Waals surface area (Å²) >= 11 is 0. The first-order valence-corrected chi connectivity index (χ1v) is 13.1. The summed E-state index contributed by atoms with van der Waals surface area (Å²) < 4.78 is 0. The largest absolute Gasteiger partial charge is 0.390 e. The van der Waals surface area contributed by atoms with E-state index in [1.165, 1.54) is 0 Å². The highest BCUT2D eigenvalue weighted by molar-refractivity contribution is 5.87. The lowest BCUT2D eigenvalue weighted by Gasteiger charge is -2.35. The number of carbonyl (C=O) groups excluding carboxylic acids is 3. The van der Waals surface area contributed by atoms with E-state index in [4.69, 9.17) is 11.5 Å². The van der Waals surface area contributed by atoms with E-state index in [1.807, 2.05) is 51.1 Å². The lowest BCUT2D eigenvalue weighted by molar-refractivity contribution is -0.127. The van der Waals surface area contributed by atoms with Crippen LogP contribution >= 0.6 is 0 Å². The molecule has 1 aliphatic heterocycles. The number of aliphatic hydroxyl groups is 1. The average molecular weight is 502 g/mol. The molecule has 7 N–H and O–H groups in total. The number of primary amides is 1. The molecule has 1 aromatic rings. The zero-order valence-electron chi connectivity index (χ0n) is 21.8. The Kier molecular flexibility index (Phi) is 9.49. The van der Waals surface area contributed by atoms with Crippen molar-refractivity contribution in [3.05, 3.63) is 35.9 Å². The van der Waals surface area contributed by atoms with Crippen molar-refractivity contribution in [2.75, 3.05) is 6.54 Å². The van der Waals surface area contributed by atoms with Crippen LogP contribution in [0.4, 0.5) is 0 Å². The number of carbonyl (C=O) groups is 3. The molecule has 200 valence electrons. The molecule has 9 nitrogen and oxygen atoms in total. The molecule has 2 aliphatic rings. The van der Waals surface area contributed by atoms with Crippen molar-refractivity contribution in [1.82, 2.24) is 15.5 Å². The van der Waals surface area contributed by atoms with Crippen LogP contribution in [-0.4, -0.2) is 70.1 Å². The average Bonchev–Trinajstić information content (AvgIpc) is 3.34. The molecule has 0 radical (unpaired) electrons. The number of amides is 3. The first-order chi connectivity index (χ1) is 16.9. The van der Waals surface area contributed by atoms with Gasteiger partial charge in [0, 0.05) is 30.6 Å². The second-order valence-corrected chi connectivity index (χ2v) is 11.5. The van der Waals surface area contributed by atoms with E-state index in [0.29, 0.717) is 31.3 Å². The van der Waals surface area contributed by atoms with Gasteiger partial charge in [-0.25, -0.2) is 0 Å². The molecule has 0 spiro atoms. The van der Waals surface area contributed by atoms with Gasteiger partial charge in [0.05, 0.1) is 24.6 Å². The summed E-state index contributed by atoms with van der Waals surface area (Å²) in [7, 11) is 0. The summed E-state index contributed by atoms with van der Waals surface area (Å²) in [6, 6.07) is 8.30. The minimum absolute atomic E-state index is 0.0125. The van der Waals surface area contributed by atoms with Gasteiger partial charge >= 0.3 is 0 Å². The van der Waals surface area contributed by atoms with Gasteiger partial charge in [-0.1, -0.05) is 36.8 Å². The molecule has 2 fully saturated rings. The molecule has 0 aromatic heterocycles. The van der Waals surface area contributed by atoms with Crippen molar-refractivity contribution in [1.29, 1.82) is 0 Å². The zero-order chi connectivity index (χ0) is 26.5. The summed E-state index contributed by atoms with van der Waals surface area (Å²) in [5, 5.41) is 17.3. The number of nitrogens with zero attached hydrogens (tertiary/aromatic N) is 1. The fourth-order valence-corrected chi connectivity index (χ4v) is 5.75. The normalized spacial score (nSPS) is 24.5. The zero-order valence-corrected chi connectivity index (χ0v) is 21.8. The summed E-state index contributed by atoms with van der Waals surface area (Å²) in [6.45, 7) is 6.25. The number of hydrogen-bond acceptors (Lipinski definition) is 6. The van der Waals surface area contributed by atoms with E-state index >= 15 is 0 Å². The van der Waals surface area contributed by atoms with Crippen LogP contribution in [0.1, 0.15) is 64.9 Å². The standard InChI is InChI=1S/C27H43N5O4/c1-27(2,3)31-25(35)14-19-13-18-10-7-11-22(18)32(19)16-23(33)21(12-17-8-5-4-6-9-17)30-26(36)20(28)15-24(29)34/h4-6,8-9,18-23,33H,7,10-16,28H2,1-3H3,(H2,29,34)(H,30,36)(H,31,35)/t18-,19-,20-,21-,22-,23+/m0/s1. The van der Waals surface area contributed by atoms with Crippen LogP contribution in [0.5, 0.6) is 0 Å². The van der Waals surface area contributed by atoms with Gasteiger partial charge in [-0.05, 0) is 57.9 Å². The maximum atomic E-state index is 12.7. The highest BCUT2D eigenvalue weighted by Gasteiger charge is 2.45. The lowest BCUT2D eigenvalue weighted by Crippen LogP contribution is -2.55. The number of fused-ring (bicyclic) bond motifs is 1. The molecule has 1 heterocycles. The Morgan fingerprint density at radius 1 is 1.17 bits per heavy atom. The minimum Gasteiger partial charge on any atom is -0.390 e. The topological polar surface area (TPSA) is 151 Å². The van der Waals surface area contributed by atoms with Gasteiger partial charge in [0.15, 0.2) is 0 Å². The predicted octanol–water partition coefficient (Wildman–Crippen LogP) is 0.825. The Labute approximate surface area is 214 Å². The Bertz CT molecular complexity index is 903. The molecular weight excluding hydrogens is 458 g/mol. The highest BCUT2D eigenvalue weighted by Crippen LogP contribution is 2.42. The Morgan fingerprint density at radius 2 is 1.86 bits per heavy atom. The number of hydrogen-bond donors (Lipinski definition) is 5. The number of aliphatic hydroxyl groups excluding tert-OH is 1. The number of β-amino-alcohol motifs (C(OH)–C–C–N with tert-alkyl or cyclic N) is 1. The number of nitrogens with one attached hydrogen (secondary N) is 2. The van der Waals surface area contributed by atoms with E-state index in [9.17, 15) is 19.5 Å². The van der Waals surface area contributed by atoms with Crippen LogP contribution in [-0.2, 0) is 20.8 Å². The SMILES string of the molecule is CC(C)(C)NC(=O)C[C@@H]1C[C@@H]2CCC[C@@H]2N1C[C@@H](O)[C@H](Cc1ccccc1)NC(=O)[C@@H](N)CC(N)=O. The molecule has 36 heavy (non-hydrogen) atoms. The molecule has 1 saturated carbocycles. The Hall–Kier alpha value is -2.49. The molecule has 0 bridgehead atoms. The second-order valence-electron chi connectivity index (χ2n) is 11.5. The fraction of sp³-hybridized carbons (Fsp3) is 0.667. The van der Waals surface area contributed by atoms with Gasteiger partial charge in [-0.15, -0.1) is 0 Å². The van der Waals surface area contributed by atoms with Crippen LogP contribution in [0.3, 0.4) is 0 Å². The van der Waals surface area contributed by atoms with Gasteiger partial charge < -0.3 is 27.2 Å². The van der Waals surface area contributed by atoms with Crippen LogP contribution in [0.25, 0.3) is 0 Å². The molecule has 3 rings (SSSR count). The first-order valence-electron chi connectivity index (χ1n) is 13.1. The Balaban J connectivity index is 1.74. The minimum atomic E-state index is -1.08. The molecule has 6 atom stereocenters. The summed E-state index contributed by atoms with van der Waals surface area (Å²) in [6.07, 6.45) is 3.92. The maximum Gasteiger partial charge on any atom is 0.237 e. The Morgan fingerprint density at radius 3 is 2.50 bits per heavy atom. The molecule has 0 unspecified atom stereocenters. The fourth-order valence-electron chi connectivity index (χ4n) is 5.75. The number of likely N-dealkylation sites (tertiary alicyclic amines) is 1. The van der Waals surface area contributed by atoms with Crippen LogP contribution in [0, 0.1) is 5.92 Å². The number of rotatable bonds is 11. The predicted molar refractivity (Wildman–Crippen MR) is 139 cm³/mol. The number of nitrogens with two attached hydrogens (primary N) is 2. The third-order valence-electron chi connectivity index (χ3n) is 7.27. The van der Waals surface area contributed by atoms with Crippen molar-refractivity contribution < 1.29 is 19.5 Å².